The molecule has 0 aliphatic carbocycles. The first-order chi connectivity index (χ1) is 9.08. The van der Waals surface area contributed by atoms with Crippen LogP contribution in [0.2, 0.25) is 0 Å². The molecule has 1 fully saturated rings. The molecule has 2 atom stereocenters. The molecule has 0 saturated carbocycles. The topological polar surface area (TPSA) is 49.4 Å². The maximum Gasteiger partial charge on any atom is 0.250 e. The van der Waals surface area contributed by atoms with Crippen molar-refractivity contribution in [1.29, 1.82) is 0 Å². The van der Waals surface area contributed by atoms with Gasteiger partial charge in [0.15, 0.2) is 0 Å². The number of anilines is 1. The fourth-order valence-corrected chi connectivity index (χ4v) is 2.67. The minimum atomic E-state index is -0.465. The van der Waals surface area contributed by atoms with Crippen molar-refractivity contribution in [3.8, 4) is 0 Å². The summed E-state index contributed by atoms with van der Waals surface area (Å²) in [4.78, 5) is 27.0. The summed E-state index contributed by atoms with van der Waals surface area (Å²) in [6.45, 7) is 3.65. The Morgan fingerprint density at radius 1 is 1.37 bits per heavy atom. The third-order valence-corrected chi connectivity index (χ3v) is 4.08. The molecular formula is C14H18N2O2S. The zero-order chi connectivity index (χ0) is 14.0. The lowest BCUT2D eigenvalue weighted by atomic mass is 10.1. The molecule has 1 aromatic rings. The van der Waals surface area contributed by atoms with Gasteiger partial charge < -0.3 is 5.32 Å². The van der Waals surface area contributed by atoms with E-state index in [4.69, 9.17) is 0 Å². The van der Waals surface area contributed by atoms with Gasteiger partial charge in [-0.15, -0.1) is 11.8 Å². The van der Waals surface area contributed by atoms with E-state index in [1.54, 1.807) is 23.6 Å². The molecule has 1 aliphatic heterocycles. The lowest BCUT2D eigenvalue weighted by molar-refractivity contribution is -0.133. The van der Waals surface area contributed by atoms with Crippen LogP contribution in [0.3, 0.4) is 0 Å². The van der Waals surface area contributed by atoms with Crippen molar-refractivity contribution in [1.82, 2.24) is 5.32 Å². The van der Waals surface area contributed by atoms with Gasteiger partial charge in [0.2, 0.25) is 11.8 Å². The van der Waals surface area contributed by atoms with Gasteiger partial charge in [-0.3, -0.25) is 14.5 Å². The molecule has 19 heavy (non-hydrogen) atoms. The third-order valence-electron chi connectivity index (χ3n) is 3.36. The average molecular weight is 278 g/mol. The number of benzene rings is 1. The van der Waals surface area contributed by atoms with Crippen LogP contribution >= 0.6 is 11.8 Å². The Hall–Kier alpha value is -1.49. The molecule has 0 radical (unpaired) electrons. The molecule has 0 bridgehead atoms. The molecule has 2 unspecified atom stereocenters. The zero-order valence-electron chi connectivity index (χ0n) is 11.3. The zero-order valence-corrected chi connectivity index (χ0v) is 12.2. The number of nitrogens with zero attached hydrogens (tertiary/aromatic N) is 1. The van der Waals surface area contributed by atoms with E-state index in [1.165, 1.54) is 0 Å². The molecule has 102 valence electrons. The second kappa shape index (κ2) is 5.65. The van der Waals surface area contributed by atoms with Gasteiger partial charge in [0, 0.05) is 10.6 Å². The van der Waals surface area contributed by atoms with Crippen LogP contribution in [0.1, 0.15) is 20.3 Å². The van der Waals surface area contributed by atoms with E-state index in [0.717, 1.165) is 10.6 Å². The molecule has 2 amide bonds. The van der Waals surface area contributed by atoms with E-state index in [2.05, 4.69) is 5.32 Å². The first-order valence-corrected chi connectivity index (χ1v) is 7.58. The quantitative estimate of drug-likeness (QED) is 0.861. The summed E-state index contributed by atoms with van der Waals surface area (Å²) in [6.07, 6.45) is 2.60. The molecule has 0 spiro atoms. The van der Waals surface area contributed by atoms with Crippen molar-refractivity contribution in [2.45, 2.75) is 37.2 Å². The number of hydrogen-bond acceptors (Lipinski definition) is 3. The molecule has 2 rings (SSSR count). The summed E-state index contributed by atoms with van der Waals surface area (Å²) in [6, 6.07) is 6.84. The van der Waals surface area contributed by atoms with Gasteiger partial charge in [0.1, 0.15) is 12.1 Å². The first kappa shape index (κ1) is 13.9. The second-order valence-electron chi connectivity index (χ2n) is 4.56. The van der Waals surface area contributed by atoms with Crippen LogP contribution in [-0.2, 0) is 9.59 Å². The van der Waals surface area contributed by atoms with Gasteiger partial charge in [-0.05, 0) is 37.8 Å². The van der Waals surface area contributed by atoms with Crippen LogP contribution in [-0.4, -0.2) is 30.2 Å². The van der Waals surface area contributed by atoms with Crippen LogP contribution in [0, 0.1) is 0 Å². The number of amides is 2. The van der Waals surface area contributed by atoms with E-state index < -0.39 is 12.1 Å². The summed E-state index contributed by atoms with van der Waals surface area (Å²) < 4.78 is 0. The molecular weight excluding hydrogens is 260 g/mol. The van der Waals surface area contributed by atoms with Crippen LogP contribution in [0.25, 0.3) is 0 Å². The van der Waals surface area contributed by atoms with Crippen LogP contribution < -0.4 is 10.2 Å². The SMILES string of the molecule is CCC1NC(=O)C(C)N(c2cccc(SC)c2)C1=O. The molecule has 1 aliphatic rings. The summed E-state index contributed by atoms with van der Waals surface area (Å²) in [5, 5.41) is 2.76. The Balaban J connectivity index is 2.38. The van der Waals surface area contributed by atoms with Gasteiger partial charge in [-0.1, -0.05) is 13.0 Å². The van der Waals surface area contributed by atoms with Crippen LogP contribution in [0.5, 0.6) is 0 Å². The van der Waals surface area contributed by atoms with Gasteiger partial charge >= 0.3 is 0 Å². The number of carbonyl (C=O) groups excluding carboxylic acids is 2. The number of rotatable bonds is 3. The van der Waals surface area contributed by atoms with E-state index in [9.17, 15) is 9.59 Å². The van der Waals surface area contributed by atoms with Crippen molar-refractivity contribution in [2.24, 2.45) is 0 Å². The van der Waals surface area contributed by atoms with Gasteiger partial charge in [0.05, 0.1) is 0 Å². The Morgan fingerprint density at radius 3 is 2.74 bits per heavy atom. The highest BCUT2D eigenvalue weighted by Gasteiger charge is 2.37. The lowest BCUT2D eigenvalue weighted by Gasteiger charge is -2.37. The molecule has 1 saturated heterocycles. The third kappa shape index (κ3) is 2.61. The molecule has 5 heteroatoms. The standard InChI is InChI=1S/C14H18N2O2S/c1-4-12-14(18)16(9(2)13(17)15-12)10-6-5-7-11(8-10)19-3/h5-9,12H,4H2,1-3H3,(H,15,17). The normalized spacial score (nSPS) is 23.4. The molecule has 0 aromatic heterocycles. The largest absolute Gasteiger partial charge is 0.343 e. The number of carbonyl (C=O) groups is 2. The summed E-state index contributed by atoms with van der Waals surface area (Å²) in [7, 11) is 0. The molecule has 1 heterocycles. The Kier molecular flexibility index (Phi) is 4.14. The van der Waals surface area contributed by atoms with Gasteiger partial charge in [-0.25, -0.2) is 0 Å². The van der Waals surface area contributed by atoms with Gasteiger partial charge in [-0.2, -0.15) is 0 Å². The number of hydrogen-bond donors (Lipinski definition) is 1. The van der Waals surface area contributed by atoms with E-state index in [1.807, 2.05) is 37.4 Å². The van der Waals surface area contributed by atoms with E-state index >= 15 is 0 Å². The first-order valence-electron chi connectivity index (χ1n) is 6.36. The highest BCUT2D eigenvalue weighted by atomic mass is 32.2. The minimum Gasteiger partial charge on any atom is -0.343 e. The van der Waals surface area contributed by atoms with Crippen molar-refractivity contribution >= 4 is 29.3 Å². The van der Waals surface area contributed by atoms with E-state index in [0.29, 0.717) is 6.42 Å². The lowest BCUT2D eigenvalue weighted by Crippen LogP contribution is -2.62. The van der Waals surface area contributed by atoms with Crippen molar-refractivity contribution in [2.75, 3.05) is 11.2 Å². The van der Waals surface area contributed by atoms with Crippen LogP contribution in [0.4, 0.5) is 5.69 Å². The predicted octanol–water partition coefficient (Wildman–Crippen LogP) is 2.04. The Bertz CT molecular complexity index is 504. The van der Waals surface area contributed by atoms with Gasteiger partial charge in [0.25, 0.3) is 0 Å². The van der Waals surface area contributed by atoms with Crippen molar-refractivity contribution in [3.05, 3.63) is 24.3 Å². The van der Waals surface area contributed by atoms with Crippen molar-refractivity contribution in [3.63, 3.8) is 0 Å². The predicted molar refractivity (Wildman–Crippen MR) is 77.4 cm³/mol. The molecule has 1 N–H and O–H groups in total. The maximum absolute atomic E-state index is 12.4. The second-order valence-corrected chi connectivity index (χ2v) is 5.43. The highest BCUT2D eigenvalue weighted by molar-refractivity contribution is 7.98. The number of nitrogens with one attached hydrogen (secondary N) is 1. The highest BCUT2D eigenvalue weighted by Crippen LogP contribution is 2.26. The Labute approximate surface area is 117 Å². The Morgan fingerprint density at radius 2 is 2.11 bits per heavy atom. The minimum absolute atomic E-state index is 0.0344. The molecule has 1 aromatic carbocycles. The number of piperazine rings is 1. The van der Waals surface area contributed by atoms with Crippen molar-refractivity contribution < 1.29 is 9.59 Å². The summed E-state index contributed by atoms with van der Waals surface area (Å²) >= 11 is 1.62. The van der Waals surface area contributed by atoms with E-state index in [-0.39, 0.29) is 11.8 Å². The number of thioether (sulfide) groups is 1. The average Bonchev–Trinajstić information content (AvgIpc) is 2.43. The molecule has 4 nitrogen and oxygen atoms in total. The fraction of sp³-hybridized carbons (Fsp3) is 0.429. The summed E-state index contributed by atoms with van der Waals surface area (Å²) in [5.41, 5.74) is 0.789. The monoisotopic (exact) mass is 278 g/mol. The maximum atomic E-state index is 12.4. The fourth-order valence-electron chi connectivity index (χ4n) is 2.22. The summed E-state index contributed by atoms with van der Waals surface area (Å²) in [5.74, 6) is -0.131. The van der Waals surface area contributed by atoms with Crippen LogP contribution in [0.15, 0.2) is 29.2 Å². The smallest absolute Gasteiger partial charge is 0.250 e.